The average molecular weight is 386 g/mol. The van der Waals surface area contributed by atoms with Crippen LogP contribution in [0.25, 0.3) is 11.0 Å². The molecule has 0 aliphatic carbocycles. The smallest absolute Gasteiger partial charge is 0.379 e. The van der Waals surface area contributed by atoms with Gasteiger partial charge in [-0.2, -0.15) is 0 Å². The second kappa shape index (κ2) is 5.72. The van der Waals surface area contributed by atoms with Crippen LogP contribution in [0.15, 0.2) is 56.1 Å². The Bertz CT molecular complexity index is 890. The van der Waals surface area contributed by atoms with Crippen LogP contribution in [0.5, 0.6) is 11.5 Å². The van der Waals surface area contributed by atoms with E-state index < -0.39 is 5.63 Å². The SMILES string of the molecule is O=c1oc2ccc(Br)cc2cc1Oc1ccc(Cl)cc1Cl. The highest BCUT2D eigenvalue weighted by atomic mass is 79.9. The summed E-state index contributed by atoms with van der Waals surface area (Å²) in [5.74, 6) is 0.396. The molecule has 0 amide bonds. The maximum atomic E-state index is 11.9. The van der Waals surface area contributed by atoms with E-state index in [1.807, 2.05) is 6.07 Å². The van der Waals surface area contributed by atoms with E-state index in [1.165, 1.54) is 6.07 Å². The van der Waals surface area contributed by atoms with E-state index in [1.54, 1.807) is 30.3 Å². The van der Waals surface area contributed by atoms with Crippen molar-refractivity contribution < 1.29 is 9.15 Å². The van der Waals surface area contributed by atoms with E-state index >= 15 is 0 Å². The summed E-state index contributed by atoms with van der Waals surface area (Å²) >= 11 is 15.2. The summed E-state index contributed by atoms with van der Waals surface area (Å²) < 4.78 is 11.6. The number of halogens is 3. The van der Waals surface area contributed by atoms with Crippen molar-refractivity contribution in [2.24, 2.45) is 0 Å². The van der Waals surface area contributed by atoms with E-state index in [0.717, 1.165) is 9.86 Å². The Morgan fingerprint density at radius 3 is 2.57 bits per heavy atom. The largest absolute Gasteiger partial charge is 0.448 e. The summed E-state index contributed by atoms with van der Waals surface area (Å²) in [6.07, 6.45) is 0. The molecule has 0 atom stereocenters. The third kappa shape index (κ3) is 3.07. The van der Waals surface area contributed by atoms with Gasteiger partial charge in [0.2, 0.25) is 5.75 Å². The molecular weight excluding hydrogens is 379 g/mol. The first-order valence-electron chi connectivity index (χ1n) is 5.89. The Hall–Kier alpha value is -1.49. The molecule has 0 aliphatic rings. The van der Waals surface area contributed by atoms with Gasteiger partial charge in [0.1, 0.15) is 11.3 Å². The van der Waals surface area contributed by atoms with E-state index in [-0.39, 0.29) is 5.75 Å². The molecule has 0 fully saturated rings. The number of rotatable bonds is 2. The number of benzene rings is 2. The number of hydrogen-bond donors (Lipinski definition) is 0. The minimum absolute atomic E-state index is 0.0600. The summed E-state index contributed by atoms with van der Waals surface area (Å²) in [6.45, 7) is 0. The Balaban J connectivity index is 2.07. The number of fused-ring (bicyclic) bond motifs is 1. The molecule has 3 aromatic rings. The zero-order chi connectivity index (χ0) is 15.0. The van der Waals surface area contributed by atoms with Gasteiger partial charge in [0, 0.05) is 14.9 Å². The third-order valence-electron chi connectivity index (χ3n) is 2.78. The van der Waals surface area contributed by atoms with Gasteiger partial charge in [-0.1, -0.05) is 39.1 Å². The van der Waals surface area contributed by atoms with Crippen LogP contribution in [0.4, 0.5) is 0 Å². The molecule has 0 N–H and O–H groups in total. The predicted octanol–water partition coefficient (Wildman–Crippen LogP) is 5.65. The molecule has 3 nitrogen and oxygen atoms in total. The van der Waals surface area contributed by atoms with Gasteiger partial charge in [0.05, 0.1) is 5.02 Å². The average Bonchev–Trinajstić information content (AvgIpc) is 2.43. The van der Waals surface area contributed by atoms with Crippen LogP contribution >= 0.6 is 39.1 Å². The predicted molar refractivity (Wildman–Crippen MR) is 86.7 cm³/mol. The summed E-state index contributed by atoms with van der Waals surface area (Å²) in [5, 5.41) is 1.54. The molecule has 0 saturated carbocycles. The van der Waals surface area contributed by atoms with Gasteiger partial charge < -0.3 is 9.15 Å². The summed E-state index contributed by atoms with van der Waals surface area (Å²) in [6, 6.07) is 11.7. The summed E-state index contributed by atoms with van der Waals surface area (Å²) in [4.78, 5) is 11.9. The Morgan fingerprint density at radius 1 is 1.00 bits per heavy atom. The molecule has 2 aromatic carbocycles. The first-order valence-corrected chi connectivity index (χ1v) is 7.44. The minimum Gasteiger partial charge on any atom is -0.448 e. The molecule has 21 heavy (non-hydrogen) atoms. The molecule has 0 radical (unpaired) electrons. The molecule has 0 spiro atoms. The van der Waals surface area contributed by atoms with Crippen molar-refractivity contribution in [3.05, 3.63) is 67.4 Å². The van der Waals surface area contributed by atoms with Crippen LogP contribution in [-0.4, -0.2) is 0 Å². The molecule has 6 heteroatoms. The highest BCUT2D eigenvalue weighted by molar-refractivity contribution is 9.10. The topological polar surface area (TPSA) is 39.4 Å². The standard InChI is InChI=1S/C15H7BrCl2O3/c16-9-1-3-12-8(5-9)6-14(15(19)21-12)20-13-4-2-10(17)7-11(13)18/h1-7H. The quantitative estimate of drug-likeness (QED) is 0.534. The maximum Gasteiger partial charge on any atom is 0.379 e. The molecule has 106 valence electrons. The second-order valence-corrected chi connectivity index (χ2v) is 6.02. The normalized spacial score (nSPS) is 10.8. The van der Waals surface area contributed by atoms with Crippen molar-refractivity contribution in [1.29, 1.82) is 0 Å². The van der Waals surface area contributed by atoms with Crippen LogP contribution in [0, 0.1) is 0 Å². The lowest BCUT2D eigenvalue weighted by atomic mass is 10.2. The van der Waals surface area contributed by atoms with Gasteiger partial charge in [0.25, 0.3) is 0 Å². The van der Waals surface area contributed by atoms with Crippen LogP contribution < -0.4 is 10.4 Å². The fourth-order valence-corrected chi connectivity index (χ4v) is 2.65. The van der Waals surface area contributed by atoms with Crippen molar-refractivity contribution in [1.82, 2.24) is 0 Å². The van der Waals surface area contributed by atoms with Gasteiger partial charge in [0.15, 0.2) is 0 Å². The molecule has 0 bridgehead atoms. The molecule has 3 rings (SSSR count). The highest BCUT2D eigenvalue weighted by Gasteiger charge is 2.10. The molecule has 1 aromatic heterocycles. The third-order valence-corrected chi connectivity index (χ3v) is 3.80. The van der Waals surface area contributed by atoms with Gasteiger partial charge in [-0.05, 0) is 42.5 Å². The Kier molecular flexibility index (Phi) is 3.93. The van der Waals surface area contributed by atoms with E-state index in [0.29, 0.717) is 21.4 Å². The van der Waals surface area contributed by atoms with Gasteiger partial charge >= 0.3 is 5.63 Å². The molecule has 0 aliphatic heterocycles. The monoisotopic (exact) mass is 384 g/mol. The highest BCUT2D eigenvalue weighted by Crippen LogP contribution is 2.31. The second-order valence-electron chi connectivity index (χ2n) is 4.26. The van der Waals surface area contributed by atoms with E-state index in [2.05, 4.69) is 15.9 Å². The Morgan fingerprint density at radius 2 is 1.81 bits per heavy atom. The first-order chi connectivity index (χ1) is 10.0. The number of ether oxygens (including phenoxy) is 1. The zero-order valence-electron chi connectivity index (χ0n) is 10.4. The molecular formula is C15H7BrCl2O3. The van der Waals surface area contributed by atoms with Crippen LogP contribution in [-0.2, 0) is 0 Å². The lowest BCUT2D eigenvalue weighted by Crippen LogP contribution is -2.03. The lowest BCUT2D eigenvalue weighted by Gasteiger charge is -2.07. The molecule has 0 unspecified atom stereocenters. The van der Waals surface area contributed by atoms with E-state index in [4.69, 9.17) is 32.4 Å². The summed E-state index contributed by atoms with van der Waals surface area (Å²) in [5.41, 5.74) is -0.0893. The lowest BCUT2D eigenvalue weighted by molar-refractivity contribution is 0.437. The van der Waals surface area contributed by atoms with Crippen molar-refractivity contribution in [3.63, 3.8) is 0 Å². The van der Waals surface area contributed by atoms with Crippen molar-refractivity contribution in [2.75, 3.05) is 0 Å². The zero-order valence-corrected chi connectivity index (χ0v) is 13.5. The van der Waals surface area contributed by atoms with Gasteiger partial charge in [-0.15, -0.1) is 0 Å². The molecule has 0 saturated heterocycles. The van der Waals surface area contributed by atoms with Crippen molar-refractivity contribution >= 4 is 50.1 Å². The van der Waals surface area contributed by atoms with Gasteiger partial charge in [-0.25, -0.2) is 4.79 Å². The minimum atomic E-state index is -0.573. The summed E-state index contributed by atoms with van der Waals surface area (Å²) in [7, 11) is 0. The van der Waals surface area contributed by atoms with Crippen molar-refractivity contribution in [2.45, 2.75) is 0 Å². The Labute approximate surface area is 138 Å². The van der Waals surface area contributed by atoms with Crippen LogP contribution in [0.3, 0.4) is 0 Å². The van der Waals surface area contributed by atoms with Crippen LogP contribution in [0.2, 0.25) is 10.0 Å². The fraction of sp³-hybridized carbons (Fsp3) is 0. The van der Waals surface area contributed by atoms with Gasteiger partial charge in [-0.3, -0.25) is 0 Å². The van der Waals surface area contributed by atoms with Crippen molar-refractivity contribution in [3.8, 4) is 11.5 Å². The maximum absolute atomic E-state index is 11.9. The first kappa shape index (κ1) is 14.4. The molecule has 1 heterocycles. The fourth-order valence-electron chi connectivity index (χ4n) is 1.82. The van der Waals surface area contributed by atoms with Crippen LogP contribution in [0.1, 0.15) is 0 Å². The van der Waals surface area contributed by atoms with E-state index in [9.17, 15) is 4.79 Å². The number of hydrogen-bond acceptors (Lipinski definition) is 3.